The van der Waals surface area contributed by atoms with Crippen molar-refractivity contribution in [2.24, 2.45) is 5.92 Å². The maximum absolute atomic E-state index is 11.0. The van der Waals surface area contributed by atoms with E-state index in [2.05, 4.69) is 18.7 Å². The summed E-state index contributed by atoms with van der Waals surface area (Å²) in [6.45, 7) is 3.14. The zero-order valence-corrected chi connectivity index (χ0v) is 14.9. The first-order chi connectivity index (χ1) is 10.2. The molecule has 2 heterocycles. The first-order valence-corrected chi connectivity index (χ1v) is 10.9. The fourth-order valence-corrected chi connectivity index (χ4v) is 7.65. The van der Waals surface area contributed by atoms with E-state index in [1.807, 2.05) is 11.8 Å². The molecule has 1 spiro atoms. The van der Waals surface area contributed by atoms with Crippen molar-refractivity contribution in [3.05, 3.63) is 0 Å². The predicted molar refractivity (Wildman–Crippen MR) is 93.3 cm³/mol. The third-order valence-corrected chi connectivity index (χ3v) is 8.97. The van der Waals surface area contributed by atoms with Crippen LogP contribution in [0.15, 0.2) is 0 Å². The van der Waals surface area contributed by atoms with Gasteiger partial charge in [0.25, 0.3) is 0 Å². The molecule has 4 heteroatoms. The van der Waals surface area contributed by atoms with Gasteiger partial charge in [-0.1, -0.05) is 26.2 Å². The molecule has 2 nitrogen and oxygen atoms in total. The summed E-state index contributed by atoms with van der Waals surface area (Å²) in [4.78, 5) is 0. The average molecular weight is 331 g/mol. The minimum absolute atomic E-state index is 0.121. The molecule has 4 atom stereocenters. The monoisotopic (exact) mass is 330 g/mol. The van der Waals surface area contributed by atoms with Crippen molar-refractivity contribution in [2.45, 2.75) is 80.5 Å². The van der Waals surface area contributed by atoms with E-state index in [4.69, 9.17) is 4.74 Å². The van der Waals surface area contributed by atoms with E-state index < -0.39 is 0 Å². The number of aliphatic hydroxyl groups is 1. The number of hydrogen-bond acceptors (Lipinski definition) is 4. The van der Waals surface area contributed by atoms with Crippen LogP contribution < -0.4 is 0 Å². The van der Waals surface area contributed by atoms with Crippen LogP contribution in [0, 0.1) is 5.92 Å². The fraction of sp³-hybridized carbons (Fsp3) is 1.00. The summed E-state index contributed by atoms with van der Waals surface area (Å²) in [7, 11) is 0. The first-order valence-electron chi connectivity index (χ1n) is 8.79. The molecule has 0 amide bonds. The minimum atomic E-state index is -0.129. The van der Waals surface area contributed by atoms with E-state index in [1.165, 1.54) is 50.0 Å². The molecule has 0 radical (unpaired) electrons. The summed E-state index contributed by atoms with van der Waals surface area (Å²) in [5, 5.41) is 12.1. The molecule has 3 aliphatic rings. The van der Waals surface area contributed by atoms with E-state index in [-0.39, 0.29) is 11.7 Å². The fourth-order valence-electron chi connectivity index (χ4n) is 4.42. The van der Waals surface area contributed by atoms with Gasteiger partial charge in [-0.25, -0.2) is 0 Å². The largest absolute Gasteiger partial charge is 0.392 e. The second-order valence-corrected chi connectivity index (χ2v) is 9.62. The van der Waals surface area contributed by atoms with Crippen LogP contribution >= 0.6 is 23.5 Å². The van der Waals surface area contributed by atoms with Gasteiger partial charge >= 0.3 is 0 Å². The number of aliphatic hydroxyl groups excluding tert-OH is 1. The van der Waals surface area contributed by atoms with Crippen molar-refractivity contribution in [3.63, 3.8) is 0 Å². The Hall–Kier alpha value is 0.620. The molecule has 1 saturated carbocycles. The van der Waals surface area contributed by atoms with Crippen molar-refractivity contribution in [1.82, 2.24) is 0 Å². The molecule has 2 saturated heterocycles. The number of hydrogen-bond donors (Lipinski definition) is 1. The van der Waals surface area contributed by atoms with Crippen LogP contribution in [0.3, 0.4) is 0 Å². The van der Waals surface area contributed by atoms with Gasteiger partial charge in [-0.15, -0.1) is 0 Å². The van der Waals surface area contributed by atoms with Gasteiger partial charge in [0.05, 0.1) is 11.7 Å². The Balaban J connectivity index is 1.64. The maximum atomic E-state index is 11.0. The van der Waals surface area contributed by atoms with Crippen LogP contribution in [0.5, 0.6) is 0 Å². The zero-order valence-electron chi connectivity index (χ0n) is 13.3. The SMILES string of the molecule is CCC1SCCSC1C(O)C1CCOC2(CCCCC2)C1. The first kappa shape index (κ1) is 16.5. The molecule has 1 N–H and O–H groups in total. The molecule has 0 aromatic carbocycles. The zero-order chi connectivity index (χ0) is 14.7. The van der Waals surface area contributed by atoms with Crippen molar-refractivity contribution < 1.29 is 9.84 Å². The molecule has 4 unspecified atom stereocenters. The van der Waals surface area contributed by atoms with Crippen LogP contribution in [0.4, 0.5) is 0 Å². The lowest BCUT2D eigenvalue weighted by Gasteiger charge is -2.46. The molecular weight excluding hydrogens is 300 g/mol. The molecule has 21 heavy (non-hydrogen) atoms. The molecule has 1 aliphatic carbocycles. The van der Waals surface area contributed by atoms with Crippen LogP contribution in [0.1, 0.15) is 58.3 Å². The molecule has 122 valence electrons. The second kappa shape index (κ2) is 7.46. The lowest BCUT2D eigenvalue weighted by Crippen LogP contribution is -2.48. The summed E-state index contributed by atoms with van der Waals surface area (Å²) in [5.41, 5.74) is 0.121. The van der Waals surface area contributed by atoms with E-state index >= 15 is 0 Å². The highest BCUT2D eigenvalue weighted by molar-refractivity contribution is 8.07. The molecule has 3 rings (SSSR count). The van der Waals surface area contributed by atoms with Crippen molar-refractivity contribution >= 4 is 23.5 Å². The summed E-state index contributed by atoms with van der Waals surface area (Å²) in [5.74, 6) is 2.92. The van der Waals surface area contributed by atoms with Crippen LogP contribution in [-0.2, 0) is 4.74 Å². The van der Waals surface area contributed by atoms with E-state index in [9.17, 15) is 5.11 Å². The highest BCUT2D eigenvalue weighted by Gasteiger charge is 2.43. The Morgan fingerprint density at radius 1 is 1.19 bits per heavy atom. The Bertz CT molecular complexity index is 325. The minimum Gasteiger partial charge on any atom is -0.392 e. The second-order valence-electron chi connectivity index (χ2n) is 6.99. The Morgan fingerprint density at radius 3 is 2.71 bits per heavy atom. The van der Waals surface area contributed by atoms with Gasteiger partial charge < -0.3 is 9.84 Å². The number of ether oxygens (including phenoxy) is 1. The quantitative estimate of drug-likeness (QED) is 0.843. The van der Waals surface area contributed by atoms with Gasteiger partial charge in [0.15, 0.2) is 0 Å². The molecule has 3 fully saturated rings. The van der Waals surface area contributed by atoms with Gasteiger partial charge in [-0.05, 0) is 38.0 Å². The third kappa shape index (κ3) is 3.76. The van der Waals surface area contributed by atoms with E-state index in [0.29, 0.717) is 16.4 Å². The van der Waals surface area contributed by atoms with Crippen LogP contribution in [0.2, 0.25) is 0 Å². The highest BCUT2D eigenvalue weighted by atomic mass is 32.2. The normalized spacial score (nSPS) is 38.3. The molecule has 0 aromatic heterocycles. The summed E-state index contributed by atoms with van der Waals surface area (Å²) in [6, 6.07) is 0. The molecular formula is C17H30O2S2. The Kier molecular flexibility index (Phi) is 5.85. The van der Waals surface area contributed by atoms with E-state index in [0.717, 1.165) is 19.4 Å². The summed E-state index contributed by atoms with van der Waals surface area (Å²) >= 11 is 4.10. The van der Waals surface area contributed by atoms with Crippen LogP contribution in [-0.4, -0.2) is 45.4 Å². The maximum Gasteiger partial charge on any atom is 0.0699 e. The Labute approximate surface area is 138 Å². The highest BCUT2D eigenvalue weighted by Crippen LogP contribution is 2.45. The standard InChI is InChI=1S/C17H30O2S2/c1-2-14-16(21-11-10-20-14)15(18)13-6-9-19-17(12-13)7-4-3-5-8-17/h13-16,18H,2-12H2,1H3. The molecule has 0 bridgehead atoms. The van der Waals surface area contributed by atoms with Gasteiger partial charge in [0.2, 0.25) is 0 Å². The van der Waals surface area contributed by atoms with E-state index in [1.54, 1.807) is 0 Å². The van der Waals surface area contributed by atoms with Gasteiger partial charge in [0, 0.05) is 28.6 Å². The summed E-state index contributed by atoms with van der Waals surface area (Å²) < 4.78 is 6.20. The lowest BCUT2D eigenvalue weighted by molar-refractivity contribution is -0.133. The third-order valence-electron chi connectivity index (χ3n) is 5.61. The predicted octanol–water partition coefficient (Wildman–Crippen LogP) is 4.10. The average Bonchev–Trinajstić information content (AvgIpc) is 2.55. The topological polar surface area (TPSA) is 29.5 Å². The van der Waals surface area contributed by atoms with Gasteiger partial charge in [0.1, 0.15) is 0 Å². The number of thioether (sulfide) groups is 2. The molecule has 2 aliphatic heterocycles. The Morgan fingerprint density at radius 2 is 1.95 bits per heavy atom. The van der Waals surface area contributed by atoms with Crippen molar-refractivity contribution in [2.75, 3.05) is 18.1 Å². The van der Waals surface area contributed by atoms with Gasteiger partial charge in [-0.2, -0.15) is 23.5 Å². The van der Waals surface area contributed by atoms with Gasteiger partial charge in [-0.3, -0.25) is 0 Å². The smallest absolute Gasteiger partial charge is 0.0699 e. The van der Waals surface area contributed by atoms with Crippen molar-refractivity contribution in [3.8, 4) is 0 Å². The summed E-state index contributed by atoms with van der Waals surface area (Å²) in [6.07, 6.45) is 9.66. The lowest BCUT2D eigenvalue weighted by atomic mass is 9.74. The molecule has 0 aromatic rings. The van der Waals surface area contributed by atoms with Crippen molar-refractivity contribution in [1.29, 1.82) is 0 Å². The number of rotatable bonds is 3. The van der Waals surface area contributed by atoms with Crippen LogP contribution in [0.25, 0.3) is 0 Å².